The Morgan fingerprint density at radius 2 is 0.672 bits per heavy atom. The van der Waals surface area contributed by atoms with Crippen molar-refractivity contribution in [2.75, 3.05) is 23.4 Å². The fourth-order valence-corrected chi connectivity index (χ4v) is 10.1. The lowest BCUT2D eigenvalue weighted by Crippen LogP contribution is -2.61. The molecule has 7 heteroatoms. The number of fused-ring (bicyclic) bond motifs is 6. The molecule has 0 aliphatic carbocycles. The molecule has 9 aromatic rings. The molecule has 0 saturated carbocycles. The Labute approximate surface area is 372 Å². The second kappa shape index (κ2) is 14.5. The van der Waals surface area contributed by atoms with Crippen LogP contribution in [0.2, 0.25) is 0 Å². The van der Waals surface area contributed by atoms with Gasteiger partial charge in [-0.15, -0.1) is 0 Å². The van der Waals surface area contributed by atoms with Gasteiger partial charge in [0.05, 0.1) is 0 Å². The van der Waals surface area contributed by atoms with Crippen LogP contribution in [0.25, 0.3) is 44.5 Å². The van der Waals surface area contributed by atoms with Crippen LogP contribution >= 0.6 is 0 Å². The molecule has 0 fully saturated rings. The lowest BCUT2D eigenvalue weighted by Gasteiger charge is -2.44. The minimum absolute atomic E-state index is 0.173. The van der Waals surface area contributed by atoms with E-state index in [1.807, 2.05) is 0 Å². The summed E-state index contributed by atoms with van der Waals surface area (Å²) in [6.07, 6.45) is 0. The fraction of sp³-hybridized carbons (Fsp3) is 0.0526. The molecule has 0 unspecified atom stereocenters. The molecule has 4 aliphatic heterocycles. The molecule has 0 bridgehead atoms. The predicted molar refractivity (Wildman–Crippen MR) is 259 cm³/mol. The maximum Gasteiger partial charge on any atom is 0.252 e. The zero-order valence-corrected chi connectivity index (χ0v) is 35.0. The Kier molecular flexibility index (Phi) is 8.25. The van der Waals surface area contributed by atoms with Crippen LogP contribution in [0.15, 0.2) is 194 Å². The first kappa shape index (κ1) is 36.5. The van der Waals surface area contributed by atoms with Crippen molar-refractivity contribution in [3.05, 3.63) is 200 Å². The predicted octanol–water partition coefficient (Wildman–Crippen LogP) is 12.2. The van der Waals surface area contributed by atoms with Gasteiger partial charge in [0.25, 0.3) is 6.71 Å². The summed E-state index contributed by atoms with van der Waals surface area (Å²) in [7, 11) is 0. The van der Waals surface area contributed by atoms with E-state index in [9.17, 15) is 0 Å². The van der Waals surface area contributed by atoms with Gasteiger partial charge in [-0.3, -0.25) is 0 Å². The van der Waals surface area contributed by atoms with Crippen molar-refractivity contribution in [3.63, 3.8) is 0 Å². The van der Waals surface area contributed by atoms with Gasteiger partial charge in [0.2, 0.25) is 13.6 Å². The number of nitrogens with zero attached hydrogens (tertiary/aromatic N) is 2. The van der Waals surface area contributed by atoms with Gasteiger partial charge in [0.15, 0.2) is 23.0 Å². The minimum Gasteiger partial charge on any atom is -0.454 e. The van der Waals surface area contributed by atoms with Gasteiger partial charge in [-0.1, -0.05) is 121 Å². The van der Waals surface area contributed by atoms with Crippen molar-refractivity contribution in [2.45, 2.75) is 6.92 Å². The quantitative estimate of drug-likeness (QED) is 0.156. The van der Waals surface area contributed by atoms with E-state index in [1.165, 1.54) is 5.46 Å². The highest BCUT2D eigenvalue weighted by atomic mass is 16.7. The minimum atomic E-state index is -0.177. The van der Waals surface area contributed by atoms with Crippen molar-refractivity contribution < 1.29 is 18.9 Å². The number of aryl methyl sites for hydroxylation is 1. The average molecular weight is 827 g/mol. The van der Waals surface area contributed by atoms with Gasteiger partial charge in [-0.25, -0.2) is 0 Å². The lowest BCUT2D eigenvalue weighted by atomic mass is 9.33. The maximum absolute atomic E-state index is 6.17. The second-order valence-corrected chi connectivity index (χ2v) is 16.9. The summed E-state index contributed by atoms with van der Waals surface area (Å²) in [5.74, 6) is 2.95. The SMILES string of the molecule is Cc1cc2c3c(c1)N(c1cc(-c4ccccc4)cc(-c4ccccc4)c1)c1cc4c(cc1B3c1cc3c(cc1N2c1cc(-c2ccccc2)cc(-c2ccccc2)c1)OCO3)OCO4. The number of anilines is 6. The summed E-state index contributed by atoms with van der Waals surface area (Å²) < 4.78 is 24.7. The van der Waals surface area contributed by atoms with Crippen LogP contribution in [0.3, 0.4) is 0 Å². The Balaban J connectivity index is 1.11. The molecule has 0 spiro atoms. The molecule has 0 radical (unpaired) electrons. The molecule has 0 aromatic heterocycles. The van der Waals surface area contributed by atoms with Crippen LogP contribution in [0.5, 0.6) is 23.0 Å². The standard InChI is InChI=1S/C57H39BN2O4/c1-36-22-51-57-52(23-36)60(46-28-43(39-18-10-4-11-19-39)25-44(29-46)40-20-12-5-13-21-40)50-33-56-54(62-35-64-56)31-48(50)58(57)47-30-53-55(63-34-61-53)32-49(47)59(51)45-26-41(37-14-6-2-7-15-37)24-42(27-45)38-16-8-3-9-17-38/h2-33H,34-35H2,1H3. The monoisotopic (exact) mass is 826 g/mol. The van der Waals surface area contributed by atoms with E-state index in [4.69, 9.17) is 18.9 Å². The van der Waals surface area contributed by atoms with E-state index in [2.05, 4.69) is 211 Å². The third-order valence-electron chi connectivity index (χ3n) is 13.0. The molecule has 6 nitrogen and oxygen atoms in total. The van der Waals surface area contributed by atoms with Gasteiger partial charge in [-0.2, -0.15) is 0 Å². The van der Waals surface area contributed by atoms with Gasteiger partial charge in [0.1, 0.15) is 0 Å². The molecule has 0 N–H and O–H groups in total. The number of rotatable bonds is 6. The number of hydrogen-bond acceptors (Lipinski definition) is 6. The summed E-state index contributed by atoms with van der Waals surface area (Å²) >= 11 is 0. The number of hydrogen-bond donors (Lipinski definition) is 0. The van der Waals surface area contributed by atoms with E-state index < -0.39 is 0 Å². The van der Waals surface area contributed by atoms with Crippen LogP contribution < -0.4 is 45.1 Å². The van der Waals surface area contributed by atoms with E-state index in [1.54, 1.807) is 0 Å². The Bertz CT molecular complexity index is 2970. The first-order chi connectivity index (χ1) is 31.6. The lowest BCUT2D eigenvalue weighted by molar-refractivity contribution is 0.173. The molecule has 64 heavy (non-hydrogen) atoms. The van der Waals surface area contributed by atoms with Crippen molar-refractivity contribution >= 4 is 57.2 Å². The smallest absolute Gasteiger partial charge is 0.252 e. The zero-order chi connectivity index (χ0) is 42.3. The third kappa shape index (κ3) is 5.89. The maximum atomic E-state index is 6.17. The van der Waals surface area contributed by atoms with Crippen LogP contribution in [0.4, 0.5) is 34.1 Å². The molecular weight excluding hydrogens is 787 g/mol. The molecule has 4 aliphatic rings. The van der Waals surface area contributed by atoms with E-state index in [0.717, 1.165) is 118 Å². The van der Waals surface area contributed by atoms with Crippen molar-refractivity contribution in [1.82, 2.24) is 0 Å². The molecular formula is C57H39BN2O4. The van der Waals surface area contributed by atoms with Crippen LogP contribution in [-0.2, 0) is 0 Å². The highest BCUT2D eigenvalue weighted by Crippen LogP contribution is 2.50. The Morgan fingerprint density at radius 3 is 1.02 bits per heavy atom. The first-order valence-corrected chi connectivity index (χ1v) is 21.7. The zero-order valence-electron chi connectivity index (χ0n) is 35.0. The molecule has 13 rings (SSSR count). The van der Waals surface area contributed by atoms with Crippen LogP contribution in [0, 0.1) is 6.92 Å². The van der Waals surface area contributed by atoms with E-state index >= 15 is 0 Å². The highest BCUT2D eigenvalue weighted by Gasteiger charge is 2.45. The van der Waals surface area contributed by atoms with Gasteiger partial charge in [-0.05, 0) is 134 Å². The van der Waals surface area contributed by atoms with Crippen molar-refractivity contribution in [2.24, 2.45) is 0 Å². The summed E-state index contributed by atoms with van der Waals surface area (Å²) in [4.78, 5) is 4.90. The van der Waals surface area contributed by atoms with Crippen LogP contribution in [0.1, 0.15) is 5.56 Å². The normalized spacial score (nSPS) is 13.7. The molecule has 9 aromatic carbocycles. The third-order valence-corrected chi connectivity index (χ3v) is 13.0. The number of benzene rings is 9. The molecule has 0 amide bonds. The first-order valence-electron chi connectivity index (χ1n) is 21.7. The number of ether oxygens (including phenoxy) is 4. The summed E-state index contributed by atoms with van der Waals surface area (Å²) in [5.41, 5.74) is 20.1. The van der Waals surface area contributed by atoms with Gasteiger partial charge < -0.3 is 28.7 Å². The summed E-state index contributed by atoms with van der Waals surface area (Å²) in [6.45, 7) is 2.38. The summed E-state index contributed by atoms with van der Waals surface area (Å²) in [6, 6.07) is 70.0. The average Bonchev–Trinajstić information content (AvgIpc) is 4.02. The highest BCUT2D eigenvalue weighted by molar-refractivity contribution is 7.00. The Morgan fingerprint density at radius 1 is 0.344 bits per heavy atom. The molecule has 4 heterocycles. The van der Waals surface area contributed by atoms with Gasteiger partial charge >= 0.3 is 0 Å². The van der Waals surface area contributed by atoms with Crippen LogP contribution in [-0.4, -0.2) is 20.3 Å². The molecule has 304 valence electrons. The second-order valence-electron chi connectivity index (χ2n) is 16.9. The molecule has 0 atom stereocenters. The molecule has 0 saturated heterocycles. The topological polar surface area (TPSA) is 43.4 Å². The fourth-order valence-electron chi connectivity index (χ4n) is 10.1. The van der Waals surface area contributed by atoms with Gasteiger partial charge in [0, 0.05) is 46.3 Å². The Hall–Kier alpha value is -8.16. The van der Waals surface area contributed by atoms with Crippen molar-refractivity contribution in [1.29, 1.82) is 0 Å². The largest absolute Gasteiger partial charge is 0.454 e. The van der Waals surface area contributed by atoms with Crippen molar-refractivity contribution in [3.8, 4) is 67.5 Å². The van der Waals surface area contributed by atoms with E-state index in [-0.39, 0.29) is 20.3 Å². The summed E-state index contributed by atoms with van der Waals surface area (Å²) in [5, 5.41) is 0. The van der Waals surface area contributed by atoms with E-state index in [0.29, 0.717) is 0 Å².